The Kier molecular flexibility index (Phi) is 4.76. The molecule has 134 valence electrons. The number of rotatable bonds is 4. The molecule has 2 fully saturated rings. The summed E-state index contributed by atoms with van der Waals surface area (Å²) in [5.74, 6) is 0.885. The second-order valence-corrected chi connectivity index (χ2v) is 7.54. The Morgan fingerprint density at radius 2 is 1.92 bits per heavy atom. The lowest BCUT2D eigenvalue weighted by atomic mass is 9.62. The number of benzene rings is 1. The van der Waals surface area contributed by atoms with Gasteiger partial charge in [0.2, 0.25) is 0 Å². The molecule has 0 radical (unpaired) electrons. The first-order valence-electron chi connectivity index (χ1n) is 9.44. The van der Waals surface area contributed by atoms with Crippen LogP contribution in [0.4, 0.5) is 0 Å². The highest BCUT2D eigenvalue weighted by atomic mass is 16.5. The molecule has 0 amide bonds. The molecule has 26 heavy (non-hydrogen) atoms. The summed E-state index contributed by atoms with van der Waals surface area (Å²) in [5, 5.41) is 9.26. The third kappa shape index (κ3) is 2.92. The lowest BCUT2D eigenvalue weighted by molar-refractivity contribution is -0.170. The third-order valence-corrected chi connectivity index (χ3v) is 6.19. The molecule has 2 heterocycles. The van der Waals surface area contributed by atoms with E-state index in [4.69, 9.17) is 4.74 Å². The third-order valence-electron chi connectivity index (χ3n) is 6.19. The van der Waals surface area contributed by atoms with Crippen LogP contribution >= 0.6 is 0 Å². The van der Waals surface area contributed by atoms with E-state index in [2.05, 4.69) is 46.3 Å². The van der Waals surface area contributed by atoms with Gasteiger partial charge in [0.1, 0.15) is 17.4 Å². The van der Waals surface area contributed by atoms with E-state index in [1.807, 2.05) is 19.2 Å². The number of nitrogens with zero attached hydrogens (tertiary/aromatic N) is 3. The second-order valence-electron chi connectivity index (χ2n) is 7.54. The maximum absolute atomic E-state index is 9.26. The monoisotopic (exact) mass is 347 g/mol. The highest BCUT2D eigenvalue weighted by Crippen LogP contribution is 2.51. The fourth-order valence-corrected chi connectivity index (χ4v) is 5.15. The molecule has 1 saturated carbocycles. The summed E-state index contributed by atoms with van der Waals surface area (Å²) in [5.41, 5.74) is 2.68. The zero-order valence-electron chi connectivity index (χ0n) is 15.3. The number of ether oxygens (including phenoxy) is 1. The van der Waals surface area contributed by atoms with Gasteiger partial charge >= 0.3 is 0 Å². The van der Waals surface area contributed by atoms with Crippen LogP contribution in [0.3, 0.4) is 0 Å². The quantitative estimate of drug-likeness (QED) is 0.846. The maximum Gasteiger partial charge on any atom is 0.140 e. The molecular weight excluding hydrogens is 322 g/mol. The summed E-state index contributed by atoms with van der Waals surface area (Å²) in [6.45, 7) is 3.06. The predicted molar refractivity (Wildman–Crippen MR) is 100 cm³/mol. The number of methoxy groups -OCH3 is 1. The summed E-state index contributed by atoms with van der Waals surface area (Å²) in [4.78, 5) is 6.73. The van der Waals surface area contributed by atoms with E-state index < -0.39 is 0 Å². The molecule has 4 rings (SSSR count). The summed E-state index contributed by atoms with van der Waals surface area (Å²) in [6.07, 6.45) is 5.34. The fraction of sp³-hybridized carbons (Fsp3) is 0.455. The Morgan fingerprint density at radius 1 is 1.19 bits per heavy atom. The molecule has 1 aliphatic carbocycles. The number of pyridine rings is 1. The molecular formula is C22H25N3O. The summed E-state index contributed by atoms with van der Waals surface area (Å²) in [7, 11) is 1.84. The van der Waals surface area contributed by atoms with Gasteiger partial charge in [-0.05, 0) is 36.1 Å². The lowest BCUT2D eigenvalue weighted by Gasteiger charge is -2.55. The van der Waals surface area contributed by atoms with Gasteiger partial charge in [0, 0.05) is 44.8 Å². The van der Waals surface area contributed by atoms with Crippen molar-refractivity contribution in [2.45, 2.75) is 31.4 Å². The fourth-order valence-electron chi connectivity index (χ4n) is 5.15. The number of hydrogen-bond acceptors (Lipinski definition) is 4. The standard InChI is InChI=1S/C22H25N3O/c1-26-22(18-10-11-24-21(12-18)13-23)19-8-5-9-20(22)16-25(15-19)14-17-6-3-2-4-7-17/h2-4,6-7,10-12,19-20H,5,8-9,14-16H2,1H3/t19-,20+,22+. The molecule has 2 aromatic rings. The summed E-state index contributed by atoms with van der Waals surface area (Å²) in [6, 6.07) is 16.9. The Bertz CT molecular complexity index is 785. The van der Waals surface area contributed by atoms with Crippen molar-refractivity contribution >= 4 is 0 Å². The van der Waals surface area contributed by atoms with Crippen molar-refractivity contribution in [1.29, 1.82) is 5.26 Å². The van der Waals surface area contributed by atoms with E-state index in [-0.39, 0.29) is 5.60 Å². The Hall–Kier alpha value is -2.22. The van der Waals surface area contributed by atoms with Crippen LogP contribution < -0.4 is 0 Å². The Balaban J connectivity index is 1.64. The predicted octanol–water partition coefficient (Wildman–Crippen LogP) is 3.73. The molecule has 0 N–H and O–H groups in total. The molecule has 1 aromatic carbocycles. The van der Waals surface area contributed by atoms with Crippen LogP contribution in [0.2, 0.25) is 0 Å². The normalized spacial score (nSPS) is 28.5. The van der Waals surface area contributed by atoms with Crippen LogP contribution in [-0.2, 0) is 16.9 Å². The van der Waals surface area contributed by atoms with E-state index in [0.29, 0.717) is 17.5 Å². The minimum atomic E-state index is -0.292. The summed E-state index contributed by atoms with van der Waals surface area (Å²) >= 11 is 0. The van der Waals surface area contributed by atoms with E-state index >= 15 is 0 Å². The zero-order chi connectivity index (χ0) is 18.0. The molecule has 4 nitrogen and oxygen atoms in total. The molecule has 1 saturated heterocycles. The minimum Gasteiger partial charge on any atom is -0.373 e. The first kappa shape index (κ1) is 17.2. The molecule has 2 bridgehead atoms. The molecule has 1 aliphatic heterocycles. The van der Waals surface area contributed by atoms with Gasteiger partial charge in [-0.25, -0.2) is 4.98 Å². The molecule has 2 aliphatic rings. The number of aromatic nitrogens is 1. The van der Waals surface area contributed by atoms with Crippen molar-refractivity contribution in [3.8, 4) is 6.07 Å². The van der Waals surface area contributed by atoms with Gasteiger partial charge in [-0.3, -0.25) is 4.90 Å². The number of hydrogen-bond donors (Lipinski definition) is 0. The smallest absolute Gasteiger partial charge is 0.140 e. The van der Waals surface area contributed by atoms with Crippen molar-refractivity contribution in [1.82, 2.24) is 9.88 Å². The highest BCUT2D eigenvalue weighted by molar-refractivity contribution is 5.32. The average Bonchev–Trinajstić information content (AvgIpc) is 2.68. The average molecular weight is 347 g/mol. The van der Waals surface area contributed by atoms with Crippen LogP contribution in [0.5, 0.6) is 0 Å². The van der Waals surface area contributed by atoms with Gasteiger partial charge in [-0.1, -0.05) is 36.8 Å². The highest BCUT2D eigenvalue weighted by Gasteiger charge is 2.53. The first-order chi connectivity index (χ1) is 12.8. The molecule has 4 heteroatoms. The van der Waals surface area contributed by atoms with Gasteiger partial charge < -0.3 is 4.74 Å². The van der Waals surface area contributed by atoms with Crippen molar-refractivity contribution in [3.05, 3.63) is 65.5 Å². The zero-order valence-corrected chi connectivity index (χ0v) is 15.3. The van der Waals surface area contributed by atoms with Crippen LogP contribution in [0.25, 0.3) is 0 Å². The Labute approximate surface area is 155 Å². The van der Waals surface area contributed by atoms with Crippen molar-refractivity contribution in [2.75, 3.05) is 20.2 Å². The van der Waals surface area contributed by atoms with Crippen LogP contribution in [-0.4, -0.2) is 30.1 Å². The van der Waals surface area contributed by atoms with Crippen LogP contribution in [0.15, 0.2) is 48.7 Å². The number of fused-ring (bicyclic) bond motifs is 2. The second kappa shape index (κ2) is 7.19. The molecule has 3 atom stereocenters. The van der Waals surface area contributed by atoms with E-state index in [0.717, 1.165) is 25.2 Å². The lowest BCUT2D eigenvalue weighted by Crippen LogP contribution is -2.58. The largest absolute Gasteiger partial charge is 0.373 e. The van der Waals surface area contributed by atoms with Crippen molar-refractivity contribution in [2.24, 2.45) is 11.8 Å². The van der Waals surface area contributed by atoms with E-state index in [1.54, 1.807) is 6.20 Å². The van der Waals surface area contributed by atoms with Gasteiger partial charge in [-0.15, -0.1) is 0 Å². The topological polar surface area (TPSA) is 49.1 Å². The number of piperidine rings is 1. The van der Waals surface area contributed by atoms with Crippen molar-refractivity contribution in [3.63, 3.8) is 0 Å². The van der Waals surface area contributed by atoms with Gasteiger partial charge in [0.25, 0.3) is 0 Å². The number of likely N-dealkylation sites (tertiary alicyclic amines) is 1. The molecule has 1 aromatic heterocycles. The Morgan fingerprint density at radius 3 is 2.58 bits per heavy atom. The minimum absolute atomic E-state index is 0.292. The van der Waals surface area contributed by atoms with Gasteiger partial charge in [0.15, 0.2) is 0 Å². The number of nitriles is 1. The van der Waals surface area contributed by atoms with Gasteiger partial charge in [-0.2, -0.15) is 5.26 Å². The van der Waals surface area contributed by atoms with Crippen molar-refractivity contribution < 1.29 is 4.74 Å². The molecule has 0 spiro atoms. The molecule has 0 unspecified atom stereocenters. The SMILES string of the molecule is CO[C@@]1(c2ccnc(C#N)c2)[C@@H]2CCC[C@H]1CN(Cc1ccccc1)C2. The van der Waals surface area contributed by atoms with Gasteiger partial charge in [0.05, 0.1) is 0 Å². The van der Waals surface area contributed by atoms with Crippen LogP contribution in [0, 0.1) is 23.2 Å². The maximum atomic E-state index is 9.26. The van der Waals surface area contributed by atoms with E-state index in [1.165, 1.54) is 24.8 Å². The van der Waals surface area contributed by atoms with Crippen LogP contribution in [0.1, 0.15) is 36.1 Å². The summed E-state index contributed by atoms with van der Waals surface area (Å²) < 4.78 is 6.27. The first-order valence-corrected chi connectivity index (χ1v) is 9.44. The van der Waals surface area contributed by atoms with E-state index in [9.17, 15) is 5.26 Å².